The first-order valence-corrected chi connectivity index (χ1v) is 9.59. The Balaban J connectivity index is 1.84. The van der Waals surface area contributed by atoms with Crippen molar-refractivity contribution in [2.75, 3.05) is 7.11 Å². The van der Waals surface area contributed by atoms with Crippen LogP contribution in [0.5, 0.6) is 5.75 Å². The van der Waals surface area contributed by atoms with Crippen LogP contribution in [0.25, 0.3) is 11.0 Å². The molecule has 1 atom stereocenters. The average Bonchev–Trinajstić information content (AvgIpc) is 2.67. The van der Waals surface area contributed by atoms with Crippen LogP contribution in [0.15, 0.2) is 51.9 Å². The average molecular weight is 432 g/mol. The maximum atomic E-state index is 12.4. The number of pyridine rings is 1. The van der Waals surface area contributed by atoms with E-state index >= 15 is 0 Å². The Labute approximate surface area is 178 Å². The predicted octanol–water partition coefficient (Wildman–Crippen LogP) is 4.60. The number of carbonyl (C=O) groups excluding carboxylic acids is 1. The van der Waals surface area contributed by atoms with E-state index in [1.165, 1.54) is 24.5 Å². The number of aromatic nitrogens is 1. The van der Waals surface area contributed by atoms with Crippen LogP contribution in [0.1, 0.15) is 36.7 Å². The summed E-state index contributed by atoms with van der Waals surface area (Å²) in [6, 6.07) is 8.08. The van der Waals surface area contributed by atoms with Gasteiger partial charge in [-0.2, -0.15) is 0 Å². The second-order valence-electron chi connectivity index (χ2n) is 7.79. The van der Waals surface area contributed by atoms with Crippen LogP contribution >= 0.6 is 11.6 Å². The third kappa shape index (κ3) is 5.24. The summed E-state index contributed by atoms with van der Waals surface area (Å²) in [5.74, 6) is -0.731. The fourth-order valence-corrected chi connectivity index (χ4v) is 3.02. The van der Waals surface area contributed by atoms with E-state index < -0.39 is 17.9 Å². The van der Waals surface area contributed by atoms with Gasteiger partial charge >= 0.3 is 11.6 Å². The van der Waals surface area contributed by atoms with Crippen LogP contribution in [0, 0.1) is 5.41 Å². The SMILES string of the molecule is COC(OCc1ccc2oc(=O)c(C(=O)Oc3cncc(Cl)c3)cc2c1)C(C)(C)C. The van der Waals surface area contributed by atoms with Crippen LogP contribution in [-0.4, -0.2) is 24.4 Å². The van der Waals surface area contributed by atoms with Gasteiger partial charge < -0.3 is 18.6 Å². The van der Waals surface area contributed by atoms with Crippen molar-refractivity contribution in [1.29, 1.82) is 0 Å². The van der Waals surface area contributed by atoms with E-state index in [0.29, 0.717) is 22.6 Å². The highest BCUT2D eigenvalue weighted by atomic mass is 35.5. The highest BCUT2D eigenvalue weighted by Crippen LogP contribution is 2.25. The molecule has 0 aliphatic heterocycles. The van der Waals surface area contributed by atoms with Crippen LogP contribution < -0.4 is 10.4 Å². The number of halogens is 1. The molecular formula is C22H22ClNO6. The molecule has 1 unspecified atom stereocenters. The minimum Gasteiger partial charge on any atom is -0.422 e. The maximum absolute atomic E-state index is 12.4. The lowest BCUT2D eigenvalue weighted by Gasteiger charge is -2.29. The van der Waals surface area contributed by atoms with E-state index in [1.807, 2.05) is 20.8 Å². The van der Waals surface area contributed by atoms with Crippen molar-refractivity contribution in [2.24, 2.45) is 5.41 Å². The third-order valence-corrected chi connectivity index (χ3v) is 4.44. The molecule has 158 valence electrons. The maximum Gasteiger partial charge on any atom is 0.351 e. The van der Waals surface area contributed by atoms with Crippen molar-refractivity contribution in [1.82, 2.24) is 4.98 Å². The largest absolute Gasteiger partial charge is 0.422 e. The minimum absolute atomic E-state index is 0.127. The van der Waals surface area contributed by atoms with Crippen molar-refractivity contribution in [3.8, 4) is 5.75 Å². The molecular weight excluding hydrogens is 410 g/mol. The number of benzene rings is 1. The number of methoxy groups -OCH3 is 1. The zero-order valence-electron chi connectivity index (χ0n) is 17.1. The molecule has 0 fully saturated rings. The van der Waals surface area contributed by atoms with Gasteiger partial charge in [-0.3, -0.25) is 4.98 Å². The smallest absolute Gasteiger partial charge is 0.351 e. The second kappa shape index (κ2) is 8.95. The minimum atomic E-state index is -0.858. The second-order valence-corrected chi connectivity index (χ2v) is 8.23. The van der Waals surface area contributed by atoms with Crippen molar-refractivity contribution in [2.45, 2.75) is 33.7 Å². The van der Waals surface area contributed by atoms with E-state index in [2.05, 4.69) is 4.98 Å². The first-order chi connectivity index (χ1) is 14.2. The van der Waals surface area contributed by atoms with Crippen LogP contribution in [-0.2, 0) is 16.1 Å². The summed E-state index contributed by atoms with van der Waals surface area (Å²) in [6.45, 7) is 6.34. The number of hydrogen-bond donors (Lipinski definition) is 0. The zero-order valence-corrected chi connectivity index (χ0v) is 17.9. The lowest BCUT2D eigenvalue weighted by atomic mass is 9.96. The summed E-state index contributed by atoms with van der Waals surface area (Å²) in [6.07, 6.45) is 2.34. The molecule has 0 spiro atoms. The fourth-order valence-electron chi connectivity index (χ4n) is 2.86. The van der Waals surface area contributed by atoms with Crippen LogP contribution in [0.2, 0.25) is 5.02 Å². The molecule has 0 aliphatic carbocycles. The first kappa shape index (κ1) is 22.0. The van der Waals surface area contributed by atoms with E-state index in [1.54, 1.807) is 25.3 Å². The number of carbonyl (C=O) groups is 1. The Morgan fingerprint density at radius 1 is 1.20 bits per heavy atom. The number of ether oxygens (including phenoxy) is 3. The van der Waals surface area contributed by atoms with Crippen LogP contribution in [0.4, 0.5) is 0 Å². The third-order valence-electron chi connectivity index (χ3n) is 4.23. The molecule has 7 nitrogen and oxygen atoms in total. The van der Waals surface area contributed by atoms with Gasteiger partial charge in [0.15, 0.2) is 12.0 Å². The number of fused-ring (bicyclic) bond motifs is 1. The van der Waals surface area contributed by atoms with Gasteiger partial charge in [-0.05, 0) is 23.8 Å². The molecule has 0 saturated heterocycles. The molecule has 1 aromatic carbocycles. The summed E-state index contributed by atoms with van der Waals surface area (Å²) in [7, 11) is 1.60. The van der Waals surface area contributed by atoms with Gasteiger partial charge in [0.05, 0.1) is 17.8 Å². The first-order valence-electron chi connectivity index (χ1n) is 9.21. The number of esters is 1. The highest BCUT2D eigenvalue weighted by molar-refractivity contribution is 6.30. The Morgan fingerprint density at radius 2 is 1.97 bits per heavy atom. The van der Waals surface area contributed by atoms with E-state index in [9.17, 15) is 9.59 Å². The normalized spacial score (nSPS) is 12.7. The quantitative estimate of drug-likeness (QED) is 0.320. The van der Waals surface area contributed by atoms with Gasteiger partial charge in [0.2, 0.25) is 0 Å². The number of hydrogen-bond acceptors (Lipinski definition) is 7. The van der Waals surface area contributed by atoms with Gasteiger partial charge in [-0.1, -0.05) is 38.4 Å². The molecule has 30 heavy (non-hydrogen) atoms. The molecule has 0 amide bonds. The summed E-state index contributed by atoms with van der Waals surface area (Å²) >= 11 is 5.84. The van der Waals surface area contributed by atoms with Crippen molar-refractivity contribution in [3.05, 3.63) is 69.3 Å². The van der Waals surface area contributed by atoms with E-state index in [0.717, 1.165) is 5.56 Å². The Kier molecular flexibility index (Phi) is 6.55. The lowest BCUT2D eigenvalue weighted by Crippen LogP contribution is -2.30. The molecule has 0 saturated carbocycles. The fraction of sp³-hybridized carbons (Fsp3) is 0.318. The number of nitrogens with zero attached hydrogens (tertiary/aromatic N) is 1. The monoisotopic (exact) mass is 431 g/mol. The van der Waals surface area contributed by atoms with Gasteiger partial charge in [0.1, 0.15) is 11.1 Å². The topological polar surface area (TPSA) is 87.9 Å². The Bertz CT molecular complexity index is 1120. The summed E-state index contributed by atoms with van der Waals surface area (Å²) in [5, 5.41) is 0.872. The standard InChI is InChI=1S/C22H22ClNO6/c1-22(2,3)21(27-4)28-12-13-5-6-18-14(7-13)8-17(20(26)30-18)19(25)29-16-9-15(23)10-24-11-16/h5-11,21H,12H2,1-4H3. The van der Waals surface area contributed by atoms with Gasteiger partial charge in [-0.25, -0.2) is 9.59 Å². The van der Waals surface area contributed by atoms with Crippen LogP contribution in [0.3, 0.4) is 0 Å². The molecule has 0 N–H and O–H groups in total. The van der Waals surface area contributed by atoms with E-state index in [-0.39, 0.29) is 16.7 Å². The lowest BCUT2D eigenvalue weighted by molar-refractivity contribution is -0.185. The van der Waals surface area contributed by atoms with Gasteiger partial charge in [-0.15, -0.1) is 0 Å². The summed E-state index contributed by atoms with van der Waals surface area (Å²) < 4.78 is 21.7. The Morgan fingerprint density at radius 3 is 2.63 bits per heavy atom. The molecule has 2 aromatic heterocycles. The molecule has 0 radical (unpaired) electrons. The van der Waals surface area contributed by atoms with Gasteiger partial charge in [0, 0.05) is 30.2 Å². The summed E-state index contributed by atoms with van der Waals surface area (Å²) in [4.78, 5) is 28.5. The van der Waals surface area contributed by atoms with Crippen molar-refractivity contribution < 1.29 is 23.4 Å². The summed E-state index contributed by atoms with van der Waals surface area (Å²) in [5.41, 5.74) is -0.0293. The Hall–Kier alpha value is -2.74. The molecule has 0 aliphatic rings. The van der Waals surface area contributed by atoms with Crippen molar-refractivity contribution in [3.63, 3.8) is 0 Å². The molecule has 3 aromatic rings. The van der Waals surface area contributed by atoms with Gasteiger partial charge in [0.25, 0.3) is 0 Å². The van der Waals surface area contributed by atoms with E-state index in [4.69, 9.17) is 30.2 Å². The molecule has 2 heterocycles. The molecule has 0 bridgehead atoms. The number of rotatable bonds is 6. The predicted molar refractivity (Wildman–Crippen MR) is 112 cm³/mol. The molecule has 8 heteroatoms. The highest BCUT2D eigenvalue weighted by Gasteiger charge is 2.25. The zero-order chi connectivity index (χ0) is 21.9. The molecule has 3 rings (SSSR count). The van der Waals surface area contributed by atoms with Crippen molar-refractivity contribution >= 4 is 28.5 Å².